The van der Waals surface area contributed by atoms with E-state index in [4.69, 9.17) is 4.74 Å². The fourth-order valence-electron chi connectivity index (χ4n) is 2.89. The van der Waals surface area contributed by atoms with Crippen LogP contribution in [0.3, 0.4) is 0 Å². The Morgan fingerprint density at radius 3 is 2.48 bits per heavy atom. The second kappa shape index (κ2) is 9.05. The van der Waals surface area contributed by atoms with Crippen LogP contribution in [0.25, 0.3) is 5.69 Å². The van der Waals surface area contributed by atoms with Gasteiger partial charge < -0.3 is 4.74 Å². The molecule has 8 heteroatoms. The number of carbonyl (C=O) groups excluding carboxylic acids is 1. The molecule has 3 aromatic rings. The Hall–Kier alpha value is -4.25. The van der Waals surface area contributed by atoms with Gasteiger partial charge in [0.2, 0.25) is 0 Å². The Bertz CT molecular complexity index is 1270. The third-order valence-electron chi connectivity index (χ3n) is 4.89. The lowest BCUT2D eigenvalue weighted by atomic mass is 10.1. The van der Waals surface area contributed by atoms with E-state index >= 15 is 0 Å². The van der Waals surface area contributed by atoms with Crippen LogP contribution >= 0.6 is 0 Å². The maximum atomic E-state index is 12.8. The van der Waals surface area contributed by atoms with Crippen molar-refractivity contribution in [2.45, 2.75) is 20.8 Å². The molecule has 0 saturated heterocycles. The van der Waals surface area contributed by atoms with E-state index in [1.54, 1.807) is 43.5 Å². The second-order valence-electron chi connectivity index (χ2n) is 6.92. The van der Waals surface area contributed by atoms with Gasteiger partial charge in [-0.2, -0.15) is 20.1 Å². The van der Waals surface area contributed by atoms with Gasteiger partial charge in [0.1, 0.15) is 17.4 Å². The van der Waals surface area contributed by atoms with Gasteiger partial charge >= 0.3 is 0 Å². The number of hydrogen-bond donors (Lipinski definition) is 1. The first-order valence-corrected chi connectivity index (χ1v) is 9.44. The maximum absolute atomic E-state index is 12.8. The van der Waals surface area contributed by atoms with Gasteiger partial charge in [-0.25, -0.2) is 5.43 Å². The van der Waals surface area contributed by atoms with Crippen molar-refractivity contribution >= 4 is 12.1 Å². The number of rotatable bonds is 5. The van der Waals surface area contributed by atoms with Crippen LogP contribution in [-0.4, -0.2) is 29.0 Å². The van der Waals surface area contributed by atoms with Crippen LogP contribution in [0.2, 0.25) is 0 Å². The molecule has 0 fully saturated rings. The number of hydrazone groups is 1. The predicted molar refractivity (Wildman–Crippen MR) is 117 cm³/mol. The highest BCUT2D eigenvalue weighted by molar-refractivity contribution is 5.94. The Kier molecular flexibility index (Phi) is 6.26. The summed E-state index contributed by atoms with van der Waals surface area (Å²) < 4.78 is 6.17. The minimum absolute atomic E-state index is 0.0544. The number of amides is 1. The van der Waals surface area contributed by atoms with E-state index in [0.717, 1.165) is 21.4 Å². The van der Waals surface area contributed by atoms with Crippen LogP contribution in [0.5, 0.6) is 5.75 Å². The summed E-state index contributed by atoms with van der Waals surface area (Å²) in [6.07, 6.45) is 1.47. The minimum Gasteiger partial charge on any atom is -0.497 e. The molecule has 2 aromatic carbocycles. The first kappa shape index (κ1) is 21.5. The molecule has 1 amide bonds. The third kappa shape index (κ3) is 4.51. The molecular weight excluding hydrogens is 394 g/mol. The largest absolute Gasteiger partial charge is 0.497 e. The SMILES string of the molecule is COc1ccc(/C=N/NC(=O)c2nn(-c3ccc(C)c(C)c3)c(=O)c(C#N)c2C)cc1. The Morgan fingerprint density at radius 2 is 1.87 bits per heavy atom. The summed E-state index contributed by atoms with van der Waals surface area (Å²) in [6.45, 7) is 5.37. The molecule has 3 rings (SSSR count). The zero-order chi connectivity index (χ0) is 22.5. The van der Waals surface area contributed by atoms with Gasteiger partial charge in [0, 0.05) is 5.56 Å². The number of benzene rings is 2. The van der Waals surface area contributed by atoms with Crippen molar-refractivity contribution in [2.24, 2.45) is 5.10 Å². The molecule has 0 aliphatic heterocycles. The number of nitrogens with one attached hydrogen (secondary N) is 1. The molecule has 0 bridgehead atoms. The van der Waals surface area contributed by atoms with Crippen LogP contribution < -0.4 is 15.7 Å². The van der Waals surface area contributed by atoms with Crippen LogP contribution in [0.15, 0.2) is 52.4 Å². The number of aromatic nitrogens is 2. The molecule has 31 heavy (non-hydrogen) atoms. The topological polar surface area (TPSA) is 109 Å². The van der Waals surface area contributed by atoms with Crippen molar-refractivity contribution in [1.82, 2.24) is 15.2 Å². The van der Waals surface area contributed by atoms with Crippen LogP contribution in [0, 0.1) is 32.1 Å². The lowest BCUT2D eigenvalue weighted by Crippen LogP contribution is -2.31. The number of aryl methyl sites for hydroxylation is 2. The summed E-state index contributed by atoms with van der Waals surface area (Å²) in [5, 5.41) is 17.6. The molecule has 8 nitrogen and oxygen atoms in total. The van der Waals surface area contributed by atoms with Crippen molar-refractivity contribution in [3.8, 4) is 17.5 Å². The third-order valence-corrected chi connectivity index (χ3v) is 4.89. The van der Waals surface area contributed by atoms with Crippen LogP contribution in [-0.2, 0) is 0 Å². The van der Waals surface area contributed by atoms with E-state index < -0.39 is 11.5 Å². The van der Waals surface area contributed by atoms with Gasteiger partial charge in [-0.05, 0) is 73.9 Å². The Balaban J connectivity index is 1.95. The summed E-state index contributed by atoms with van der Waals surface area (Å²) >= 11 is 0. The smallest absolute Gasteiger partial charge is 0.292 e. The molecular formula is C23H21N5O3. The molecule has 0 spiro atoms. The Labute approximate surface area is 179 Å². The van der Waals surface area contributed by atoms with Gasteiger partial charge in [0.05, 0.1) is 19.0 Å². The molecule has 1 N–H and O–H groups in total. The fourth-order valence-corrected chi connectivity index (χ4v) is 2.89. The lowest BCUT2D eigenvalue weighted by molar-refractivity contribution is 0.0947. The highest BCUT2D eigenvalue weighted by Crippen LogP contribution is 2.14. The molecule has 156 valence electrons. The van der Waals surface area contributed by atoms with Crippen molar-refractivity contribution in [3.63, 3.8) is 0 Å². The summed E-state index contributed by atoms with van der Waals surface area (Å²) in [6, 6.07) is 14.3. The summed E-state index contributed by atoms with van der Waals surface area (Å²) in [5.41, 5.74) is 5.06. The molecule has 0 saturated carbocycles. The quantitative estimate of drug-likeness (QED) is 0.509. The molecule has 1 aromatic heterocycles. The summed E-state index contributed by atoms with van der Waals surface area (Å²) in [7, 11) is 1.57. The number of carbonyl (C=O) groups is 1. The fraction of sp³-hybridized carbons (Fsp3) is 0.174. The standard InChI is InChI=1S/C23H21N5O3/c1-14-5-8-18(11-15(14)2)28-23(30)20(12-24)16(3)21(27-28)22(29)26-25-13-17-6-9-19(31-4)10-7-17/h5-11,13H,1-4H3,(H,26,29)/b25-13+. The first-order valence-electron chi connectivity index (χ1n) is 9.44. The monoisotopic (exact) mass is 415 g/mol. The second-order valence-corrected chi connectivity index (χ2v) is 6.92. The van der Waals surface area contributed by atoms with Gasteiger partial charge in [-0.3, -0.25) is 9.59 Å². The van der Waals surface area contributed by atoms with E-state index in [1.165, 1.54) is 13.1 Å². The van der Waals surface area contributed by atoms with Gasteiger partial charge in [0.25, 0.3) is 11.5 Å². The average Bonchev–Trinajstić information content (AvgIpc) is 2.76. The van der Waals surface area contributed by atoms with Crippen LogP contribution in [0.4, 0.5) is 0 Å². The predicted octanol–water partition coefficient (Wildman–Crippen LogP) is 2.80. The summed E-state index contributed by atoms with van der Waals surface area (Å²) in [5.74, 6) is 0.0787. The molecule has 1 heterocycles. The number of methoxy groups -OCH3 is 1. The van der Waals surface area contributed by atoms with Gasteiger partial charge in [-0.1, -0.05) is 6.07 Å². The molecule has 0 aliphatic rings. The molecule has 0 radical (unpaired) electrons. The van der Waals surface area contributed by atoms with E-state index in [2.05, 4.69) is 15.6 Å². The number of nitrogens with zero attached hydrogens (tertiary/aromatic N) is 4. The van der Waals surface area contributed by atoms with Crippen molar-refractivity contribution in [2.75, 3.05) is 7.11 Å². The van der Waals surface area contributed by atoms with E-state index in [-0.39, 0.29) is 16.8 Å². The highest BCUT2D eigenvalue weighted by atomic mass is 16.5. The molecule has 0 unspecified atom stereocenters. The Morgan fingerprint density at radius 1 is 1.16 bits per heavy atom. The maximum Gasteiger partial charge on any atom is 0.292 e. The minimum atomic E-state index is -0.628. The zero-order valence-electron chi connectivity index (χ0n) is 17.6. The van der Waals surface area contributed by atoms with Gasteiger partial charge in [0.15, 0.2) is 5.69 Å². The lowest BCUT2D eigenvalue weighted by Gasteiger charge is -2.11. The van der Waals surface area contributed by atoms with Crippen molar-refractivity contribution in [3.05, 3.63) is 86.3 Å². The number of ether oxygens (including phenoxy) is 1. The number of nitriles is 1. The number of hydrogen-bond acceptors (Lipinski definition) is 6. The van der Waals surface area contributed by atoms with Crippen LogP contribution in [0.1, 0.15) is 38.3 Å². The van der Waals surface area contributed by atoms with Crippen molar-refractivity contribution < 1.29 is 9.53 Å². The highest BCUT2D eigenvalue weighted by Gasteiger charge is 2.20. The van der Waals surface area contributed by atoms with E-state index in [0.29, 0.717) is 11.4 Å². The van der Waals surface area contributed by atoms with Gasteiger partial charge in [-0.15, -0.1) is 0 Å². The summed E-state index contributed by atoms with van der Waals surface area (Å²) in [4.78, 5) is 25.5. The van der Waals surface area contributed by atoms with E-state index in [1.807, 2.05) is 26.0 Å². The van der Waals surface area contributed by atoms with Crippen molar-refractivity contribution in [1.29, 1.82) is 5.26 Å². The average molecular weight is 415 g/mol. The normalized spacial score (nSPS) is 10.7. The first-order chi connectivity index (χ1) is 14.8. The molecule has 0 aliphatic carbocycles. The zero-order valence-corrected chi connectivity index (χ0v) is 17.6. The van der Waals surface area contributed by atoms with E-state index in [9.17, 15) is 14.9 Å². The molecule has 0 atom stereocenters.